The molecular weight excluding hydrogens is 372 g/mol. The standard InChI is InChI=1S/C21H32N4O4/c1-28-14-9-23-20(26)16-24-10-12-25(13-11-24)19-15-17(7-8-22-19)21(27)29-18-5-3-2-4-6-18/h7-8,15,18H,2-6,9-14,16H2,1H3,(H,23,26). The van der Waals surface area contributed by atoms with Gasteiger partial charge >= 0.3 is 5.97 Å². The van der Waals surface area contributed by atoms with Crippen molar-refractivity contribution in [2.24, 2.45) is 0 Å². The Balaban J connectivity index is 1.47. The van der Waals surface area contributed by atoms with Gasteiger partial charge in [-0.2, -0.15) is 0 Å². The molecule has 1 aromatic heterocycles. The number of nitrogens with one attached hydrogen (secondary N) is 1. The number of anilines is 1. The average Bonchev–Trinajstić information content (AvgIpc) is 2.75. The predicted molar refractivity (Wildman–Crippen MR) is 110 cm³/mol. The summed E-state index contributed by atoms with van der Waals surface area (Å²) >= 11 is 0. The molecule has 8 nitrogen and oxygen atoms in total. The molecule has 1 amide bonds. The fourth-order valence-corrected chi connectivity index (χ4v) is 3.81. The summed E-state index contributed by atoms with van der Waals surface area (Å²) in [6.07, 6.45) is 7.14. The number of methoxy groups -OCH3 is 1. The van der Waals surface area contributed by atoms with E-state index < -0.39 is 0 Å². The summed E-state index contributed by atoms with van der Waals surface area (Å²) < 4.78 is 10.6. The lowest BCUT2D eigenvalue weighted by Gasteiger charge is -2.35. The molecule has 0 unspecified atom stereocenters. The maximum Gasteiger partial charge on any atom is 0.338 e. The van der Waals surface area contributed by atoms with Crippen LogP contribution in [-0.4, -0.2) is 80.8 Å². The Bertz CT molecular complexity index is 670. The minimum atomic E-state index is -0.257. The molecule has 29 heavy (non-hydrogen) atoms. The highest BCUT2D eigenvalue weighted by atomic mass is 16.5. The van der Waals surface area contributed by atoms with Crippen LogP contribution in [0, 0.1) is 0 Å². The van der Waals surface area contributed by atoms with E-state index in [1.54, 1.807) is 19.4 Å². The third-order valence-corrected chi connectivity index (χ3v) is 5.50. The monoisotopic (exact) mass is 404 g/mol. The molecule has 1 aliphatic heterocycles. The van der Waals surface area contributed by atoms with Crippen LogP contribution < -0.4 is 10.2 Å². The Kier molecular flexibility index (Phi) is 8.25. The minimum absolute atomic E-state index is 0.0149. The Labute approximate surface area is 172 Å². The van der Waals surface area contributed by atoms with Crippen LogP contribution in [0.1, 0.15) is 42.5 Å². The Morgan fingerprint density at radius 3 is 2.66 bits per heavy atom. The zero-order valence-corrected chi connectivity index (χ0v) is 17.3. The molecule has 1 aliphatic carbocycles. The van der Waals surface area contributed by atoms with E-state index in [1.165, 1.54) is 6.42 Å². The lowest BCUT2D eigenvalue weighted by atomic mass is 9.98. The summed E-state index contributed by atoms with van der Waals surface area (Å²) in [4.78, 5) is 33.1. The zero-order chi connectivity index (χ0) is 20.5. The van der Waals surface area contributed by atoms with E-state index in [9.17, 15) is 9.59 Å². The zero-order valence-electron chi connectivity index (χ0n) is 17.3. The number of piperazine rings is 1. The van der Waals surface area contributed by atoms with Crippen molar-refractivity contribution >= 4 is 17.7 Å². The molecule has 1 saturated heterocycles. The first kappa shape index (κ1) is 21.5. The van der Waals surface area contributed by atoms with Crippen LogP contribution in [0.4, 0.5) is 5.82 Å². The summed E-state index contributed by atoms with van der Waals surface area (Å²) in [5.74, 6) is 0.542. The SMILES string of the molecule is COCCNC(=O)CN1CCN(c2cc(C(=O)OC3CCCCC3)ccn2)CC1. The number of rotatable bonds is 8. The van der Waals surface area contributed by atoms with Gasteiger partial charge in [0, 0.05) is 46.0 Å². The molecule has 1 N–H and O–H groups in total. The average molecular weight is 405 g/mol. The van der Waals surface area contributed by atoms with Crippen molar-refractivity contribution in [2.75, 3.05) is 57.9 Å². The van der Waals surface area contributed by atoms with Crippen molar-refractivity contribution in [1.82, 2.24) is 15.2 Å². The third kappa shape index (κ3) is 6.68. The van der Waals surface area contributed by atoms with Crippen LogP contribution in [-0.2, 0) is 14.3 Å². The summed E-state index contributed by atoms with van der Waals surface area (Å²) in [6.45, 7) is 4.51. The van der Waals surface area contributed by atoms with Gasteiger partial charge in [-0.25, -0.2) is 9.78 Å². The first-order chi connectivity index (χ1) is 14.2. The lowest BCUT2D eigenvalue weighted by Crippen LogP contribution is -2.50. The Morgan fingerprint density at radius 2 is 1.93 bits per heavy atom. The number of hydrogen-bond donors (Lipinski definition) is 1. The highest BCUT2D eigenvalue weighted by Crippen LogP contribution is 2.22. The molecule has 2 heterocycles. The summed E-state index contributed by atoms with van der Waals surface area (Å²) in [6, 6.07) is 3.54. The number of carbonyl (C=O) groups is 2. The molecule has 2 aliphatic rings. The molecule has 2 fully saturated rings. The van der Waals surface area contributed by atoms with E-state index in [4.69, 9.17) is 9.47 Å². The van der Waals surface area contributed by atoms with Crippen LogP contribution in [0.2, 0.25) is 0 Å². The van der Waals surface area contributed by atoms with Gasteiger partial charge in [0.05, 0.1) is 18.7 Å². The Morgan fingerprint density at radius 1 is 1.17 bits per heavy atom. The van der Waals surface area contributed by atoms with Crippen molar-refractivity contribution in [2.45, 2.75) is 38.2 Å². The van der Waals surface area contributed by atoms with Crippen molar-refractivity contribution < 1.29 is 19.1 Å². The van der Waals surface area contributed by atoms with E-state index in [-0.39, 0.29) is 18.0 Å². The number of hydrogen-bond acceptors (Lipinski definition) is 7. The van der Waals surface area contributed by atoms with Gasteiger partial charge in [-0.3, -0.25) is 9.69 Å². The molecule has 0 bridgehead atoms. The second-order valence-corrected chi connectivity index (χ2v) is 7.67. The first-order valence-electron chi connectivity index (χ1n) is 10.6. The smallest absolute Gasteiger partial charge is 0.338 e. The van der Waals surface area contributed by atoms with Gasteiger partial charge in [0.2, 0.25) is 5.91 Å². The molecule has 1 saturated carbocycles. The van der Waals surface area contributed by atoms with E-state index >= 15 is 0 Å². The van der Waals surface area contributed by atoms with Crippen molar-refractivity contribution in [1.29, 1.82) is 0 Å². The quantitative estimate of drug-likeness (QED) is 0.519. The maximum absolute atomic E-state index is 12.5. The molecule has 8 heteroatoms. The number of esters is 1. The largest absolute Gasteiger partial charge is 0.459 e. The number of amides is 1. The van der Waals surface area contributed by atoms with Gasteiger partial charge in [0.1, 0.15) is 11.9 Å². The highest BCUT2D eigenvalue weighted by molar-refractivity contribution is 5.90. The van der Waals surface area contributed by atoms with Gasteiger partial charge in [-0.1, -0.05) is 6.42 Å². The maximum atomic E-state index is 12.5. The van der Waals surface area contributed by atoms with Crippen LogP contribution in [0.3, 0.4) is 0 Å². The number of nitrogens with zero attached hydrogens (tertiary/aromatic N) is 3. The normalized spacial score (nSPS) is 18.4. The van der Waals surface area contributed by atoms with E-state index in [0.29, 0.717) is 25.3 Å². The molecule has 0 aromatic carbocycles. The predicted octanol–water partition coefficient (Wildman–Crippen LogP) is 1.46. The van der Waals surface area contributed by atoms with Gasteiger partial charge in [0.25, 0.3) is 0 Å². The van der Waals surface area contributed by atoms with E-state index in [1.807, 2.05) is 6.07 Å². The van der Waals surface area contributed by atoms with Gasteiger partial charge < -0.3 is 19.7 Å². The fourth-order valence-electron chi connectivity index (χ4n) is 3.81. The van der Waals surface area contributed by atoms with Crippen LogP contribution in [0.25, 0.3) is 0 Å². The van der Waals surface area contributed by atoms with Gasteiger partial charge in [-0.15, -0.1) is 0 Å². The lowest BCUT2D eigenvalue weighted by molar-refractivity contribution is -0.122. The molecule has 0 spiro atoms. The molecule has 1 aromatic rings. The third-order valence-electron chi connectivity index (χ3n) is 5.50. The molecule has 160 valence electrons. The highest BCUT2D eigenvalue weighted by Gasteiger charge is 2.22. The van der Waals surface area contributed by atoms with Gasteiger partial charge in [0.15, 0.2) is 0 Å². The second-order valence-electron chi connectivity index (χ2n) is 7.67. The van der Waals surface area contributed by atoms with E-state index in [0.717, 1.165) is 57.7 Å². The van der Waals surface area contributed by atoms with Crippen molar-refractivity contribution in [3.05, 3.63) is 23.9 Å². The molecule has 0 atom stereocenters. The Hall–Kier alpha value is -2.19. The summed E-state index contributed by atoms with van der Waals surface area (Å²) in [5.41, 5.74) is 0.556. The number of pyridine rings is 1. The van der Waals surface area contributed by atoms with Crippen molar-refractivity contribution in [3.8, 4) is 0 Å². The topological polar surface area (TPSA) is 84.0 Å². The molecule has 3 rings (SSSR count). The summed E-state index contributed by atoms with van der Waals surface area (Å²) in [5, 5.41) is 2.84. The molecule has 0 radical (unpaired) electrons. The van der Waals surface area contributed by atoms with E-state index in [2.05, 4.69) is 20.1 Å². The number of carbonyl (C=O) groups excluding carboxylic acids is 2. The van der Waals surface area contributed by atoms with Crippen LogP contribution in [0.5, 0.6) is 0 Å². The number of aromatic nitrogens is 1. The second kappa shape index (κ2) is 11.1. The van der Waals surface area contributed by atoms with Crippen LogP contribution >= 0.6 is 0 Å². The number of ether oxygens (including phenoxy) is 2. The molecular formula is C21H32N4O4. The fraction of sp³-hybridized carbons (Fsp3) is 0.667. The van der Waals surface area contributed by atoms with Crippen LogP contribution in [0.15, 0.2) is 18.3 Å². The minimum Gasteiger partial charge on any atom is -0.459 e. The van der Waals surface area contributed by atoms with Crippen molar-refractivity contribution in [3.63, 3.8) is 0 Å². The van der Waals surface area contributed by atoms with Gasteiger partial charge in [-0.05, 0) is 37.8 Å². The first-order valence-corrected chi connectivity index (χ1v) is 10.6. The summed E-state index contributed by atoms with van der Waals surface area (Å²) in [7, 11) is 1.62.